The Balaban J connectivity index is 2.54. The molecule has 0 spiro atoms. The summed E-state index contributed by atoms with van der Waals surface area (Å²) >= 11 is 0. The molecule has 0 aliphatic rings. The van der Waals surface area contributed by atoms with Gasteiger partial charge in [-0.05, 0) is 20.8 Å². The first kappa shape index (κ1) is 12.2. The molecule has 2 aromatic rings. The van der Waals surface area contributed by atoms with Crippen molar-refractivity contribution in [2.45, 2.75) is 26.7 Å². The molecule has 1 atom stereocenters. The molecule has 0 aromatic carbocycles. The van der Waals surface area contributed by atoms with E-state index in [1.54, 1.807) is 37.1 Å². The maximum absolute atomic E-state index is 11.1. The van der Waals surface area contributed by atoms with Crippen molar-refractivity contribution in [1.29, 1.82) is 0 Å². The number of carboxylic acid groups (broad SMARTS) is 1. The highest BCUT2D eigenvalue weighted by Crippen LogP contribution is 2.24. The lowest BCUT2D eigenvalue weighted by Gasteiger charge is -2.07. The Morgan fingerprint density at radius 2 is 2.11 bits per heavy atom. The van der Waals surface area contributed by atoms with Gasteiger partial charge in [0.25, 0.3) is 0 Å². The SMILES string of the molecule is Cc1nn(-c2cnccn2)c(C)c1C(C)C(=O)O. The highest BCUT2D eigenvalue weighted by Gasteiger charge is 2.23. The Morgan fingerprint density at radius 3 is 2.67 bits per heavy atom. The maximum Gasteiger partial charge on any atom is 0.310 e. The van der Waals surface area contributed by atoms with Crippen molar-refractivity contribution in [2.24, 2.45) is 0 Å². The number of hydrogen-bond donors (Lipinski definition) is 1. The first-order valence-corrected chi connectivity index (χ1v) is 5.57. The second-order valence-corrected chi connectivity index (χ2v) is 4.12. The Bertz CT molecular complexity index is 577. The average Bonchev–Trinajstić information content (AvgIpc) is 2.65. The number of carboxylic acids is 1. The van der Waals surface area contributed by atoms with Crippen LogP contribution < -0.4 is 0 Å². The molecule has 2 heterocycles. The normalized spacial score (nSPS) is 12.4. The van der Waals surface area contributed by atoms with Crippen molar-refractivity contribution in [3.05, 3.63) is 35.5 Å². The fourth-order valence-electron chi connectivity index (χ4n) is 2.03. The molecule has 0 aliphatic carbocycles. The minimum absolute atomic E-state index is 0.585. The van der Waals surface area contributed by atoms with Crippen molar-refractivity contribution in [3.8, 4) is 5.82 Å². The van der Waals surface area contributed by atoms with Crippen LogP contribution >= 0.6 is 0 Å². The zero-order chi connectivity index (χ0) is 13.3. The van der Waals surface area contributed by atoms with Gasteiger partial charge >= 0.3 is 5.97 Å². The van der Waals surface area contributed by atoms with Gasteiger partial charge in [0.15, 0.2) is 5.82 Å². The van der Waals surface area contributed by atoms with E-state index in [0.29, 0.717) is 11.5 Å². The molecule has 1 N–H and O–H groups in total. The van der Waals surface area contributed by atoms with E-state index < -0.39 is 11.9 Å². The van der Waals surface area contributed by atoms with E-state index in [-0.39, 0.29) is 0 Å². The van der Waals surface area contributed by atoms with Crippen LogP contribution in [-0.2, 0) is 4.79 Å². The molecule has 6 nitrogen and oxygen atoms in total. The smallest absolute Gasteiger partial charge is 0.310 e. The van der Waals surface area contributed by atoms with E-state index in [4.69, 9.17) is 5.11 Å². The third-order valence-electron chi connectivity index (χ3n) is 2.92. The third-order valence-corrected chi connectivity index (χ3v) is 2.92. The number of hydrogen-bond acceptors (Lipinski definition) is 4. The van der Waals surface area contributed by atoms with Crippen molar-refractivity contribution in [3.63, 3.8) is 0 Å². The lowest BCUT2D eigenvalue weighted by atomic mass is 9.99. The first-order valence-electron chi connectivity index (χ1n) is 5.57. The van der Waals surface area contributed by atoms with Crippen LogP contribution in [0.25, 0.3) is 5.82 Å². The summed E-state index contributed by atoms with van der Waals surface area (Å²) in [5.41, 5.74) is 2.21. The quantitative estimate of drug-likeness (QED) is 0.886. The number of nitrogens with zero attached hydrogens (tertiary/aromatic N) is 4. The lowest BCUT2D eigenvalue weighted by molar-refractivity contribution is -0.138. The second kappa shape index (κ2) is 4.56. The molecule has 0 saturated carbocycles. The Kier molecular flexibility index (Phi) is 3.10. The zero-order valence-corrected chi connectivity index (χ0v) is 10.5. The summed E-state index contributed by atoms with van der Waals surface area (Å²) < 4.78 is 1.62. The maximum atomic E-state index is 11.1. The predicted octanol–water partition coefficient (Wildman–Crippen LogP) is 1.47. The predicted molar refractivity (Wildman–Crippen MR) is 64.7 cm³/mol. The van der Waals surface area contributed by atoms with Crippen molar-refractivity contribution < 1.29 is 9.90 Å². The standard InChI is InChI=1S/C12H14N4O2/c1-7(12(17)18)11-8(2)15-16(9(11)3)10-6-13-4-5-14-10/h4-7H,1-3H3,(H,17,18). The molecule has 0 amide bonds. The second-order valence-electron chi connectivity index (χ2n) is 4.12. The van der Waals surface area contributed by atoms with Gasteiger partial charge in [0.2, 0.25) is 0 Å². The van der Waals surface area contributed by atoms with Crippen LogP contribution in [0.4, 0.5) is 0 Å². The highest BCUT2D eigenvalue weighted by molar-refractivity contribution is 5.76. The van der Waals surface area contributed by atoms with E-state index in [1.165, 1.54) is 0 Å². The van der Waals surface area contributed by atoms with Gasteiger partial charge in [-0.15, -0.1) is 0 Å². The fourth-order valence-corrected chi connectivity index (χ4v) is 2.03. The number of aliphatic carboxylic acids is 1. The molecule has 0 aliphatic heterocycles. The van der Waals surface area contributed by atoms with Crippen LogP contribution in [0.15, 0.2) is 18.6 Å². The third kappa shape index (κ3) is 1.97. The number of aryl methyl sites for hydroxylation is 1. The van der Waals surface area contributed by atoms with E-state index in [1.807, 2.05) is 6.92 Å². The minimum atomic E-state index is -0.861. The molecule has 6 heteroatoms. The molecular formula is C12H14N4O2. The fraction of sp³-hybridized carbons (Fsp3) is 0.333. The summed E-state index contributed by atoms with van der Waals surface area (Å²) in [6, 6.07) is 0. The molecular weight excluding hydrogens is 232 g/mol. The van der Waals surface area contributed by atoms with Crippen LogP contribution in [0, 0.1) is 13.8 Å². The van der Waals surface area contributed by atoms with Gasteiger partial charge in [0.05, 0.1) is 17.8 Å². The largest absolute Gasteiger partial charge is 0.481 e. The summed E-state index contributed by atoms with van der Waals surface area (Å²) in [4.78, 5) is 19.2. The van der Waals surface area contributed by atoms with Crippen LogP contribution in [0.3, 0.4) is 0 Å². The first-order chi connectivity index (χ1) is 8.52. The van der Waals surface area contributed by atoms with Gasteiger partial charge in [-0.2, -0.15) is 5.10 Å². The van der Waals surface area contributed by atoms with Crippen LogP contribution in [0.2, 0.25) is 0 Å². The van der Waals surface area contributed by atoms with Crippen LogP contribution in [0.5, 0.6) is 0 Å². The van der Waals surface area contributed by atoms with E-state index >= 15 is 0 Å². The van der Waals surface area contributed by atoms with E-state index in [2.05, 4.69) is 15.1 Å². The van der Waals surface area contributed by atoms with E-state index in [0.717, 1.165) is 11.3 Å². The molecule has 0 bridgehead atoms. The van der Waals surface area contributed by atoms with Gasteiger partial charge in [-0.1, -0.05) is 0 Å². The lowest BCUT2D eigenvalue weighted by Crippen LogP contribution is -2.10. The summed E-state index contributed by atoms with van der Waals surface area (Å²) in [5, 5.41) is 13.4. The summed E-state index contributed by atoms with van der Waals surface area (Å²) in [5.74, 6) is -0.864. The summed E-state index contributed by atoms with van der Waals surface area (Å²) in [7, 11) is 0. The molecule has 0 saturated heterocycles. The van der Waals surface area contributed by atoms with Crippen molar-refractivity contribution in [2.75, 3.05) is 0 Å². The minimum Gasteiger partial charge on any atom is -0.481 e. The van der Waals surface area contributed by atoms with Gasteiger partial charge in [-0.25, -0.2) is 9.67 Å². The van der Waals surface area contributed by atoms with Crippen LogP contribution in [-0.4, -0.2) is 30.8 Å². The molecule has 18 heavy (non-hydrogen) atoms. The average molecular weight is 246 g/mol. The highest BCUT2D eigenvalue weighted by atomic mass is 16.4. The number of rotatable bonds is 3. The van der Waals surface area contributed by atoms with Gasteiger partial charge in [-0.3, -0.25) is 9.78 Å². The van der Waals surface area contributed by atoms with E-state index in [9.17, 15) is 4.79 Å². The molecule has 0 fully saturated rings. The van der Waals surface area contributed by atoms with Gasteiger partial charge in [0.1, 0.15) is 0 Å². The van der Waals surface area contributed by atoms with Gasteiger partial charge in [0, 0.05) is 23.7 Å². The Hall–Kier alpha value is -2.24. The number of carbonyl (C=O) groups is 1. The monoisotopic (exact) mass is 246 g/mol. The molecule has 94 valence electrons. The molecule has 0 radical (unpaired) electrons. The molecule has 2 rings (SSSR count). The zero-order valence-electron chi connectivity index (χ0n) is 10.5. The molecule has 1 unspecified atom stereocenters. The van der Waals surface area contributed by atoms with Gasteiger partial charge < -0.3 is 5.11 Å². The van der Waals surface area contributed by atoms with Crippen LogP contribution in [0.1, 0.15) is 29.8 Å². The topological polar surface area (TPSA) is 80.9 Å². The summed E-state index contributed by atoms with van der Waals surface area (Å²) in [6.07, 6.45) is 4.75. The van der Waals surface area contributed by atoms with Crippen molar-refractivity contribution in [1.82, 2.24) is 19.7 Å². The number of aromatic nitrogens is 4. The van der Waals surface area contributed by atoms with Crippen molar-refractivity contribution >= 4 is 5.97 Å². The summed E-state index contributed by atoms with van der Waals surface area (Å²) in [6.45, 7) is 5.29. The molecule has 2 aromatic heterocycles. The Labute approximate surface area is 104 Å². The Morgan fingerprint density at radius 1 is 1.39 bits per heavy atom.